The van der Waals surface area contributed by atoms with Crippen molar-refractivity contribution in [2.24, 2.45) is 4.99 Å². The SMILES string of the molecule is CC1=CCC=Nc2nc(-c3ccc4cc5n(c4c3)CCNC5=O)[nH]c21. The van der Waals surface area contributed by atoms with Crippen LogP contribution in [0.5, 0.6) is 0 Å². The summed E-state index contributed by atoms with van der Waals surface area (Å²) < 4.78 is 2.08. The molecular formula is C19H17N5O. The lowest BCUT2D eigenvalue weighted by atomic mass is 10.1. The van der Waals surface area contributed by atoms with E-state index < -0.39 is 0 Å². The van der Waals surface area contributed by atoms with Gasteiger partial charge in [0, 0.05) is 42.2 Å². The highest BCUT2D eigenvalue weighted by atomic mass is 16.2. The molecule has 0 saturated heterocycles. The lowest BCUT2D eigenvalue weighted by Gasteiger charge is -2.16. The van der Waals surface area contributed by atoms with Gasteiger partial charge in [0.2, 0.25) is 0 Å². The average molecular weight is 331 g/mol. The molecule has 25 heavy (non-hydrogen) atoms. The van der Waals surface area contributed by atoms with Crippen molar-refractivity contribution in [2.45, 2.75) is 19.9 Å². The van der Waals surface area contributed by atoms with E-state index in [0.29, 0.717) is 6.54 Å². The van der Waals surface area contributed by atoms with Crippen molar-refractivity contribution in [3.63, 3.8) is 0 Å². The van der Waals surface area contributed by atoms with Gasteiger partial charge in [-0.3, -0.25) is 4.79 Å². The van der Waals surface area contributed by atoms with E-state index >= 15 is 0 Å². The zero-order valence-corrected chi connectivity index (χ0v) is 13.8. The summed E-state index contributed by atoms with van der Waals surface area (Å²) in [6.07, 6.45) is 4.85. The highest BCUT2D eigenvalue weighted by Gasteiger charge is 2.20. The Bertz CT molecular complexity index is 1080. The van der Waals surface area contributed by atoms with Crippen LogP contribution in [-0.2, 0) is 6.54 Å². The summed E-state index contributed by atoms with van der Waals surface area (Å²) >= 11 is 0. The number of benzene rings is 1. The summed E-state index contributed by atoms with van der Waals surface area (Å²) in [6, 6.07) is 8.12. The maximum absolute atomic E-state index is 12.0. The summed E-state index contributed by atoms with van der Waals surface area (Å²) in [5.74, 6) is 1.52. The molecule has 2 aliphatic rings. The fourth-order valence-electron chi connectivity index (χ4n) is 3.54. The third-order valence-electron chi connectivity index (χ3n) is 4.85. The van der Waals surface area contributed by atoms with E-state index in [4.69, 9.17) is 0 Å². The number of amides is 1. The molecular weight excluding hydrogens is 314 g/mol. The Balaban J connectivity index is 1.66. The molecule has 5 rings (SSSR count). The Morgan fingerprint density at radius 3 is 3.08 bits per heavy atom. The molecule has 0 aliphatic carbocycles. The fourth-order valence-corrected chi connectivity index (χ4v) is 3.54. The van der Waals surface area contributed by atoms with Gasteiger partial charge in [-0.25, -0.2) is 9.98 Å². The molecule has 0 saturated carbocycles. The van der Waals surface area contributed by atoms with Crippen LogP contribution in [0.15, 0.2) is 35.3 Å². The van der Waals surface area contributed by atoms with E-state index in [1.165, 1.54) is 0 Å². The minimum Gasteiger partial charge on any atom is -0.349 e. The van der Waals surface area contributed by atoms with Crippen molar-refractivity contribution in [2.75, 3.05) is 6.54 Å². The normalized spacial score (nSPS) is 16.2. The number of nitrogens with one attached hydrogen (secondary N) is 2. The fraction of sp³-hybridized carbons (Fsp3) is 0.211. The van der Waals surface area contributed by atoms with E-state index in [-0.39, 0.29) is 5.91 Å². The monoisotopic (exact) mass is 331 g/mol. The maximum atomic E-state index is 12.0. The largest absolute Gasteiger partial charge is 0.349 e. The number of fused-ring (bicyclic) bond motifs is 4. The second kappa shape index (κ2) is 5.17. The smallest absolute Gasteiger partial charge is 0.268 e. The first-order valence-corrected chi connectivity index (χ1v) is 8.42. The number of aromatic nitrogens is 3. The topological polar surface area (TPSA) is 75.1 Å². The molecule has 6 heteroatoms. The van der Waals surface area contributed by atoms with Crippen molar-refractivity contribution < 1.29 is 4.79 Å². The van der Waals surface area contributed by atoms with Crippen molar-refractivity contribution >= 4 is 34.4 Å². The third kappa shape index (κ3) is 2.14. The van der Waals surface area contributed by atoms with Crippen LogP contribution in [0.4, 0.5) is 5.82 Å². The number of allylic oxidation sites excluding steroid dienone is 2. The van der Waals surface area contributed by atoms with E-state index in [9.17, 15) is 4.79 Å². The van der Waals surface area contributed by atoms with Gasteiger partial charge in [-0.2, -0.15) is 0 Å². The molecule has 0 unspecified atom stereocenters. The Kier molecular flexibility index (Phi) is 2.94. The number of rotatable bonds is 1. The van der Waals surface area contributed by atoms with Gasteiger partial charge in [0.25, 0.3) is 5.91 Å². The van der Waals surface area contributed by atoms with Crippen LogP contribution in [0.1, 0.15) is 29.5 Å². The highest BCUT2D eigenvalue weighted by Crippen LogP contribution is 2.32. The first kappa shape index (κ1) is 14.2. The van der Waals surface area contributed by atoms with Gasteiger partial charge in [0.05, 0.1) is 5.69 Å². The summed E-state index contributed by atoms with van der Waals surface area (Å²) in [7, 11) is 0. The van der Waals surface area contributed by atoms with Crippen LogP contribution in [-0.4, -0.2) is 33.2 Å². The van der Waals surface area contributed by atoms with Crippen molar-refractivity contribution in [3.8, 4) is 11.4 Å². The summed E-state index contributed by atoms with van der Waals surface area (Å²) in [4.78, 5) is 24.5. The molecule has 0 atom stereocenters. The Labute approximate surface area is 144 Å². The van der Waals surface area contributed by atoms with Crippen molar-refractivity contribution in [1.29, 1.82) is 0 Å². The van der Waals surface area contributed by atoms with Gasteiger partial charge in [0.1, 0.15) is 11.5 Å². The van der Waals surface area contributed by atoms with Gasteiger partial charge < -0.3 is 14.9 Å². The van der Waals surface area contributed by atoms with E-state index in [1.54, 1.807) is 0 Å². The van der Waals surface area contributed by atoms with Crippen LogP contribution < -0.4 is 5.32 Å². The molecule has 0 radical (unpaired) electrons. The van der Waals surface area contributed by atoms with E-state index in [1.807, 2.05) is 24.4 Å². The molecule has 0 spiro atoms. The molecule has 0 fully saturated rings. The zero-order chi connectivity index (χ0) is 17.0. The quantitative estimate of drug-likeness (QED) is 0.718. The predicted molar refractivity (Wildman–Crippen MR) is 98.3 cm³/mol. The number of H-pyrrole nitrogens is 1. The second-order valence-corrected chi connectivity index (χ2v) is 6.43. The number of nitrogens with zero attached hydrogens (tertiary/aromatic N) is 3. The van der Waals surface area contributed by atoms with E-state index in [0.717, 1.165) is 58.0 Å². The number of carbonyl (C=O) groups is 1. The molecule has 1 aromatic carbocycles. The number of aromatic amines is 1. The zero-order valence-electron chi connectivity index (χ0n) is 13.8. The molecule has 124 valence electrons. The van der Waals surface area contributed by atoms with Crippen LogP contribution in [0, 0.1) is 0 Å². The Hall–Kier alpha value is -3.15. The average Bonchev–Trinajstić information content (AvgIpc) is 3.16. The minimum absolute atomic E-state index is 0.0104. The number of carbonyl (C=O) groups excluding carboxylic acids is 1. The standard InChI is InChI=1S/C19H17N5O/c1-11-3-2-6-20-18-16(11)22-17(23-18)13-5-4-12-9-15-19(25)21-7-8-24(15)14(12)10-13/h3-6,9-10H,2,7-8H2,1H3,(H,21,25)(H,22,23). The molecule has 2 aromatic heterocycles. The Morgan fingerprint density at radius 1 is 1.24 bits per heavy atom. The van der Waals surface area contributed by atoms with Crippen molar-refractivity contribution in [3.05, 3.63) is 41.7 Å². The number of imidazole rings is 1. The van der Waals surface area contributed by atoms with Crippen LogP contribution in [0.2, 0.25) is 0 Å². The number of aliphatic imine (C=N–C) groups is 1. The van der Waals surface area contributed by atoms with Gasteiger partial charge in [-0.15, -0.1) is 0 Å². The maximum Gasteiger partial charge on any atom is 0.268 e. The predicted octanol–water partition coefficient (Wildman–Crippen LogP) is 3.28. The molecule has 4 heterocycles. The van der Waals surface area contributed by atoms with Crippen LogP contribution in [0.25, 0.3) is 27.9 Å². The lowest BCUT2D eigenvalue weighted by Crippen LogP contribution is -2.34. The molecule has 0 bridgehead atoms. The first-order valence-electron chi connectivity index (χ1n) is 8.42. The minimum atomic E-state index is -0.0104. The number of hydrogen-bond acceptors (Lipinski definition) is 3. The van der Waals surface area contributed by atoms with E-state index in [2.05, 4.69) is 43.9 Å². The summed E-state index contributed by atoms with van der Waals surface area (Å²) in [5.41, 5.74) is 4.90. The summed E-state index contributed by atoms with van der Waals surface area (Å²) in [5, 5.41) is 3.96. The Morgan fingerprint density at radius 2 is 2.16 bits per heavy atom. The van der Waals surface area contributed by atoms with Gasteiger partial charge in [0.15, 0.2) is 5.82 Å². The summed E-state index contributed by atoms with van der Waals surface area (Å²) in [6.45, 7) is 3.52. The number of hydrogen-bond donors (Lipinski definition) is 2. The van der Waals surface area contributed by atoms with Crippen LogP contribution in [0.3, 0.4) is 0 Å². The van der Waals surface area contributed by atoms with Gasteiger partial charge in [-0.05, 0) is 24.6 Å². The third-order valence-corrected chi connectivity index (χ3v) is 4.85. The van der Waals surface area contributed by atoms with Crippen LogP contribution >= 0.6 is 0 Å². The molecule has 2 N–H and O–H groups in total. The molecule has 6 nitrogen and oxygen atoms in total. The molecule has 3 aromatic rings. The second-order valence-electron chi connectivity index (χ2n) is 6.43. The first-order chi connectivity index (χ1) is 12.2. The van der Waals surface area contributed by atoms with Gasteiger partial charge >= 0.3 is 0 Å². The molecule has 1 amide bonds. The van der Waals surface area contributed by atoms with Crippen molar-refractivity contribution in [1.82, 2.24) is 19.9 Å². The van der Waals surface area contributed by atoms with Gasteiger partial charge in [-0.1, -0.05) is 18.2 Å². The molecule has 2 aliphatic heterocycles. The highest BCUT2D eigenvalue weighted by molar-refractivity contribution is 6.00. The lowest BCUT2D eigenvalue weighted by molar-refractivity contribution is 0.0929.